The molecule has 0 saturated heterocycles. The number of hydrogen-bond donors (Lipinski definition) is 1. The van der Waals surface area contributed by atoms with Crippen LogP contribution in [0.1, 0.15) is 47.4 Å². The molecule has 4 nitrogen and oxygen atoms in total. The zero-order valence-electron chi connectivity index (χ0n) is 13.7. The number of nitrogens with one attached hydrogen (secondary N) is 1. The summed E-state index contributed by atoms with van der Waals surface area (Å²) in [5.74, 6) is -0.751. The van der Waals surface area contributed by atoms with Crippen LogP contribution in [-0.4, -0.2) is 24.5 Å². The Kier molecular flexibility index (Phi) is 3.23. The van der Waals surface area contributed by atoms with Gasteiger partial charge in [-0.05, 0) is 28.7 Å². The van der Waals surface area contributed by atoms with Crippen LogP contribution in [0.15, 0.2) is 48.5 Å². The topological polar surface area (TPSA) is 55.4 Å². The van der Waals surface area contributed by atoms with Gasteiger partial charge in [0.05, 0.1) is 7.11 Å². The van der Waals surface area contributed by atoms with Crippen LogP contribution < -0.4 is 5.32 Å². The van der Waals surface area contributed by atoms with E-state index in [9.17, 15) is 9.59 Å². The van der Waals surface area contributed by atoms with Crippen molar-refractivity contribution in [2.75, 3.05) is 7.11 Å². The Bertz CT molecular complexity index is 797. The fourth-order valence-electron chi connectivity index (χ4n) is 4.58. The molecule has 5 rings (SSSR count). The summed E-state index contributed by atoms with van der Waals surface area (Å²) in [4.78, 5) is 24.7. The molecule has 24 heavy (non-hydrogen) atoms. The standard InChI is InChI=1S/C20H19NO3/c1-12(22)21-20(19(23)24-2)11-17-13-7-3-5-9-15(13)18(20)16-10-6-4-8-14(16)17/h3-10,17-18H,11H2,1-2H3,(H,21,22)/t17?,18?,20-/m1/s1. The van der Waals surface area contributed by atoms with Gasteiger partial charge < -0.3 is 10.1 Å². The monoisotopic (exact) mass is 321 g/mol. The van der Waals surface area contributed by atoms with E-state index >= 15 is 0 Å². The van der Waals surface area contributed by atoms with Gasteiger partial charge in [-0.15, -0.1) is 0 Å². The Morgan fingerprint density at radius 3 is 1.96 bits per heavy atom. The first-order valence-corrected chi connectivity index (χ1v) is 8.13. The van der Waals surface area contributed by atoms with Crippen molar-refractivity contribution in [2.45, 2.75) is 30.7 Å². The van der Waals surface area contributed by atoms with Crippen LogP contribution in [0.2, 0.25) is 0 Å². The number of amides is 1. The maximum absolute atomic E-state index is 12.8. The zero-order valence-corrected chi connectivity index (χ0v) is 13.7. The Morgan fingerprint density at radius 2 is 1.50 bits per heavy atom. The van der Waals surface area contributed by atoms with Gasteiger partial charge in [0, 0.05) is 18.8 Å². The van der Waals surface area contributed by atoms with Crippen molar-refractivity contribution in [3.05, 3.63) is 70.8 Å². The highest BCUT2D eigenvalue weighted by Gasteiger charge is 2.58. The number of carbonyl (C=O) groups excluding carboxylic acids is 2. The number of fused-ring (bicyclic) bond motifs is 1. The van der Waals surface area contributed by atoms with Gasteiger partial charge in [-0.25, -0.2) is 4.79 Å². The van der Waals surface area contributed by atoms with Gasteiger partial charge in [-0.2, -0.15) is 0 Å². The summed E-state index contributed by atoms with van der Waals surface area (Å²) in [5.41, 5.74) is 3.64. The van der Waals surface area contributed by atoms with E-state index in [0.29, 0.717) is 6.42 Å². The number of methoxy groups -OCH3 is 1. The molecular formula is C20H19NO3. The average molecular weight is 321 g/mol. The quantitative estimate of drug-likeness (QED) is 0.865. The van der Waals surface area contributed by atoms with E-state index in [1.165, 1.54) is 25.2 Å². The Morgan fingerprint density at radius 1 is 1.00 bits per heavy atom. The highest BCUT2D eigenvalue weighted by molar-refractivity contribution is 5.91. The fourth-order valence-corrected chi connectivity index (χ4v) is 4.58. The molecule has 0 radical (unpaired) electrons. The van der Waals surface area contributed by atoms with Gasteiger partial charge in [-0.1, -0.05) is 48.5 Å². The number of esters is 1. The van der Waals surface area contributed by atoms with Crippen LogP contribution in [0.25, 0.3) is 0 Å². The van der Waals surface area contributed by atoms with Gasteiger partial charge in [-0.3, -0.25) is 4.79 Å². The van der Waals surface area contributed by atoms with Gasteiger partial charge in [0.15, 0.2) is 0 Å². The van der Waals surface area contributed by atoms with Gasteiger partial charge in [0.1, 0.15) is 5.54 Å². The number of ether oxygens (including phenoxy) is 1. The molecule has 2 aromatic rings. The van der Waals surface area contributed by atoms with Crippen molar-refractivity contribution in [1.82, 2.24) is 5.32 Å². The SMILES string of the molecule is COC(=O)[C@@]1(NC(C)=O)CC2c3ccccc3C1c1ccccc12. The summed E-state index contributed by atoms with van der Waals surface area (Å²) >= 11 is 0. The number of rotatable bonds is 2. The van der Waals surface area contributed by atoms with Crippen molar-refractivity contribution < 1.29 is 14.3 Å². The van der Waals surface area contributed by atoms with E-state index in [4.69, 9.17) is 4.74 Å². The number of carbonyl (C=O) groups is 2. The highest BCUT2D eigenvalue weighted by atomic mass is 16.5. The predicted octanol–water partition coefficient (Wildman–Crippen LogP) is 2.72. The van der Waals surface area contributed by atoms with E-state index in [-0.39, 0.29) is 23.7 Å². The van der Waals surface area contributed by atoms with Crippen LogP contribution in [0, 0.1) is 0 Å². The molecular weight excluding hydrogens is 302 g/mol. The average Bonchev–Trinajstić information content (AvgIpc) is 2.60. The lowest BCUT2D eigenvalue weighted by atomic mass is 9.55. The third kappa shape index (κ3) is 1.86. The van der Waals surface area contributed by atoms with E-state index in [2.05, 4.69) is 29.6 Å². The minimum atomic E-state index is -1.05. The molecule has 2 aromatic carbocycles. The molecule has 0 unspecified atom stereocenters. The van der Waals surface area contributed by atoms with Crippen molar-refractivity contribution >= 4 is 11.9 Å². The van der Waals surface area contributed by atoms with Crippen LogP contribution in [0.3, 0.4) is 0 Å². The largest absolute Gasteiger partial charge is 0.467 e. The normalized spacial score (nSPS) is 26.2. The summed E-state index contributed by atoms with van der Waals surface area (Å²) < 4.78 is 5.12. The first-order valence-electron chi connectivity index (χ1n) is 8.13. The molecule has 0 saturated carbocycles. The van der Waals surface area contributed by atoms with E-state index in [1.807, 2.05) is 24.3 Å². The lowest BCUT2D eigenvalue weighted by molar-refractivity contribution is -0.152. The van der Waals surface area contributed by atoms with Crippen molar-refractivity contribution in [1.29, 1.82) is 0 Å². The smallest absolute Gasteiger partial charge is 0.332 e. The molecule has 122 valence electrons. The van der Waals surface area contributed by atoms with E-state index < -0.39 is 5.54 Å². The van der Waals surface area contributed by atoms with Crippen molar-refractivity contribution in [3.63, 3.8) is 0 Å². The molecule has 0 fully saturated rings. The second-order valence-corrected chi connectivity index (χ2v) is 6.59. The van der Waals surface area contributed by atoms with Crippen LogP contribution >= 0.6 is 0 Å². The first-order chi connectivity index (χ1) is 11.6. The molecule has 1 N–H and O–H groups in total. The molecule has 4 heteroatoms. The molecule has 3 aliphatic rings. The first kappa shape index (κ1) is 14.9. The third-order valence-electron chi connectivity index (χ3n) is 5.33. The Hall–Kier alpha value is -2.62. The molecule has 0 spiro atoms. The Balaban J connectivity index is 2.01. The molecule has 1 atom stereocenters. The lowest BCUT2D eigenvalue weighted by Gasteiger charge is -2.51. The van der Waals surface area contributed by atoms with E-state index in [1.54, 1.807) is 0 Å². The fraction of sp³-hybridized carbons (Fsp3) is 0.300. The second kappa shape index (κ2) is 5.20. The minimum absolute atomic E-state index is 0.0772. The number of benzene rings is 2. The third-order valence-corrected chi connectivity index (χ3v) is 5.33. The molecule has 2 bridgehead atoms. The summed E-state index contributed by atoms with van der Waals surface area (Å²) in [6, 6.07) is 16.4. The van der Waals surface area contributed by atoms with Gasteiger partial charge >= 0.3 is 5.97 Å². The lowest BCUT2D eigenvalue weighted by Crippen LogP contribution is -2.63. The predicted molar refractivity (Wildman–Crippen MR) is 89.8 cm³/mol. The summed E-state index contributed by atoms with van der Waals surface area (Å²) in [5, 5.41) is 2.95. The van der Waals surface area contributed by atoms with Gasteiger partial charge in [0.2, 0.25) is 5.91 Å². The summed E-state index contributed by atoms with van der Waals surface area (Å²) in [6.07, 6.45) is 0.526. The Labute approximate surface area is 140 Å². The second-order valence-electron chi connectivity index (χ2n) is 6.59. The van der Waals surface area contributed by atoms with Crippen molar-refractivity contribution in [2.24, 2.45) is 0 Å². The molecule has 3 aliphatic carbocycles. The van der Waals surface area contributed by atoms with Crippen molar-refractivity contribution in [3.8, 4) is 0 Å². The van der Waals surface area contributed by atoms with Crippen LogP contribution in [0.5, 0.6) is 0 Å². The molecule has 0 aromatic heterocycles. The number of hydrogen-bond acceptors (Lipinski definition) is 3. The molecule has 0 heterocycles. The molecule has 0 aliphatic heterocycles. The van der Waals surface area contributed by atoms with Crippen LogP contribution in [0.4, 0.5) is 0 Å². The maximum atomic E-state index is 12.8. The maximum Gasteiger partial charge on any atom is 0.332 e. The summed E-state index contributed by atoms with van der Waals surface area (Å²) in [7, 11) is 1.38. The zero-order chi connectivity index (χ0) is 16.9. The van der Waals surface area contributed by atoms with E-state index in [0.717, 1.165) is 11.1 Å². The van der Waals surface area contributed by atoms with Crippen LogP contribution in [-0.2, 0) is 14.3 Å². The molecule has 1 amide bonds. The highest BCUT2D eigenvalue weighted by Crippen LogP contribution is 2.57. The van der Waals surface area contributed by atoms with Gasteiger partial charge in [0.25, 0.3) is 0 Å². The summed E-state index contributed by atoms with van der Waals surface area (Å²) in [6.45, 7) is 1.45. The minimum Gasteiger partial charge on any atom is -0.467 e.